The van der Waals surface area contributed by atoms with Crippen molar-refractivity contribution >= 4 is 27.7 Å². The van der Waals surface area contributed by atoms with Gasteiger partial charge in [0.05, 0.1) is 20.3 Å². The van der Waals surface area contributed by atoms with Crippen LogP contribution in [0.1, 0.15) is 10.5 Å². The lowest BCUT2D eigenvalue weighted by molar-refractivity contribution is -0.391. The minimum Gasteiger partial charge on any atom is -0.379 e. The van der Waals surface area contributed by atoms with Crippen molar-refractivity contribution in [1.29, 1.82) is 0 Å². The van der Waals surface area contributed by atoms with Crippen molar-refractivity contribution in [3.8, 4) is 0 Å². The molecule has 8 heteroatoms. The highest BCUT2D eigenvalue weighted by molar-refractivity contribution is 9.09. The molecule has 0 aliphatic carbocycles. The van der Waals surface area contributed by atoms with Crippen LogP contribution in [0.5, 0.6) is 0 Å². The van der Waals surface area contributed by atoms with Crippen LogP contribution in [0.2, 0.25) is 0 Å². The van der Waals surface area contributed by atoms with Crippen molar-refractivity contribution in [2.45, 2.75) is 0 Å². The lowest BCUT2D eigenvalue weighted by Crippen LogP contribution is -2.29. The molecule has 0 aliphatic heterocycles. The van der Waals surface area contributed by atoms with Crippen LogP contribution in [0, 0.1) is 10.1 Å². The number of nitrogens with one attached hydrogen (secondary N) is 1. The second-order valence-electron chi connectivity index (χ2n) is 3.45. The van der Waals surface area contributed by atoms with Crippen LogP contribution in [0.15, 0.2) is 12.1 Å². The Morgan fingerprint density at radius 3 is 2.83 bits per heavy atom. The van der Waals surface area contributed by atoms with Crippen LogP contribution < -0.4 is 5.32 Å². The van der Waals surface area contributed by atoms with E-state index in [4.69, 9.17) is 4.74 Å². The highest BCUT2D eigenvalue weighted by Gasteiger charge is 2.19. The molecule has 0 spiro atoms. The molecule has 18 heavy (non-hydrogen) atoms. The average Bonchev–Trinajstić information content (AvgIpc) is 2.70. The predicted molar refractivity (Wildman–Crippen MR) is 69.0 cm³/mol. The molecule has 1 N–H and O–H groups in total. The smallest absolute Gasteiger partial charge is 0.323 e. The Hall–Kier alpha value is -1.41. The summed E-state index contributed by atoms with van der Waals surface area (Å²) < 4.78 is 6.41. The van der Waals surface area contributed by atoms with Crippen LogP contribution in [-0.2, 0) is 11.8 Å². The number of hydrogen-bond donors (Lipinski definition) is 1. The van der Waals surface area contributed by atoms with E-state index in [0.717, 1.165) is 5.33 Å². The van der Waals surface area contributed by atoms with Gasteiger partial charge in [-0.15, -0.1) is 0 Å². The summed E-state index contributed by atoms with van der Waals surface area (Å²) in [5, 5.41) is 14.0. The molecular weight excluding hydrogens is 306 g/mol. The Morgan fingerprint density at radius 1 is 1.56 bits per heavy atom. The second-order valence-corrected chi connectivity index (χ2v) is 4.24. The Morgan fingerprint density at radius 2 is 2.28 bits per heavy atom. The maximum absolute atomic E-state index is 11.7. The monoisotopic (exact) mass is 319 g/mol. The van der Waals surface area contributed by atoms with Crippen molar-refractivity contribution in [3.05, 3.63) is 27.9 Å². The van der Waals surface area contributed by atoms with E-state index >= 15 is 0 Å². The fourth-order valence-electron chi connectivity index (χ4n) is 1.40. The van der Waals surface area contributed by atoms with Gasteiger partial charge < -0.3 is 20.2 Å². The summed E-state index contributed by atoms with van der Waals surface area (Å²) in [5.74, 6) is -0.469. The van der Waals surface area contributed by atoms with Gasteiger partial charge in [-0.2, -0.15) is 0 Å². The average molecular weight is 320 g/mol. The number of alkyl halides is 1. The number of ether oxygens (including phenoxy) is 1. The third kappa shape index (κ3) is 3.81. The first kappa shape index (κ1) is 14.7. The van der Waals surface area contributed by atoms with E-state index in [-0.39, 0.29) is 17.4 Å². The maximum atomic E-state index is 11.7. The summed E-state index contributed by atoms with van der Waals surface area (Å²) in [6.45, 7) is 1.35. The zero-order chi connectivity index (χ0) is 13.5. The number of nitro groups is 1. The molecule has 1 rings (SSSR count). The van der Waals surface area contributed by atoms with Gasteiger partial charge in [-0.25, -0.2) is 4.57 Å². The summed E-state index contributed by atoms with van der Waals surface area (Å²) in [6.07, 6.45) is 0. The van der Waals surface area contributed by atoms with Crippen molar-refractivity contribution in [3.63, 3.8) is 0 Å². The van der Waals surface area contributed by atoms with E-state index in [0.29, 0.717) is 19.8 Å². The van der Waals surface area contributed by atoms with E-state index in [1.807, 2.05) is 0 Å². The Bertz CT molecular complexity index is 433. The van der Waals surface area contributed by atoms with Crippen LogP contribution >= 0.6 is 15.9 Å². The van der Waals surface area contributed by atoms with Crippen molar-refractivity contribution < 1.29 is 14.5 Å². The van der Waals surface area contributed by atoms with Crippen LogP contribution in [0.4, 0.5) is 5.82 Å². The van der Waals surface area contributed by atoms with Gasteiger partial charge in [-0.3, -0.25) is 4.79 Å². The minimum atomic E-state index is -0.532. The predicted octanol–water partition coefficient (Wildman–Crippen LogP) is 1.07. The third-order valence-electron chi connectivity index (χ3n) is 2.27. The van der Waals surface area contributed by atoms with Gasteiger partial charge in [0.25, 0.3) is 5.91 Å². The van der Waals surface area contributed by atoms with E-state index in [2.05, 4.69) is 21.2 Å². The molecule has 0 atom stereocenters. The van der Waals surface area contributed by atoms with Gasteiger partial charge >= 0.3 is 5.82 Å². The highest BCUT2D eigenvalue weighted by atomic mass is 79.9. The Kier molecular flexibility index (Phi) is 5.79. The molecule has 0 saturated heterocycles. The van der Waals surface area contributed by atoms with Crippen molar-refractivity contribution in [2.75, 3.05) is 25.1 Å². The van der Waals surface area contributed by atoms with Gasteiger partial charge in [-0.05, 0) is 11.0 Å². The first-order valence-electron chi connectivity index (χ1n) is 5.30. The Labute approximate surface area is 112 Å². The topological polar surface area (TPSA) is 86.4 Å². The first-order chi connectivity index (χ1) is 8.57. The number of aromatic nitrogens is 1. The molecule has 1 aromatic rings. The fraction of sp³-hybridized carbons (Fsp3) is 0.500. The summed E-state index contributed by atoms with van der Waals surface area (Å²) in [7, 11) is 1.48. The minimum absolute atomic E-state index is 0.115. The Balaban J connectivity index is 2.49. The number of rotatable bonds is 7. The molecule has 0 bridgehead atoms. The molecule has 100 valence electrons. The molecule has 0 aliphatic rings. The zero-order valence-corrected chi connectivity index (χ0v) is 11.5. The van der Waals surface area contributed by atoms with Crippen molar-refractivity contribution in [1.82, 2.24) is 9.88 Å². The van der Waals surface area contributed by atoms with Gasteiger partial charge in [0.15, 0.2) is 5.69 Å². The summed E-state index contributed by atoms with van der Waals surface area (Å²) in [6, 6.07) is 2.73. The van der Waals surface area contributed by atoms with E-state index in [1.165, 1.54) is 23.7 Å². The third-order valence-corrected chi connectivity index (χ3v) is 2.59. The summed E-state index contributed by atoms with van der Waals surface area (Å²) in [4.78, 5) is 21.8. The SMILES string of the molecule is Cn1c(C(=O)NCCOCCBr)ccc1[N+](=O)[O-]. The zero-order valence-electron chi connectivity index (χ0n) is 9.89. The molecule has 0 unspecified atom stereocenters. The number of amides is 1. The van der Waals surface area contributed by atoms with Crippen LogP contribution in [-0.4, -0.2) is 40.5 Å². The molecule has 1 amide bonds. The van der Waals surface area contributed by atoms with E-state index in [1.54, 1.807) is 0 Å². The molecule has 0 radical (unpaired) electrons. The fourth-order valence-corrected chi connectivity index (χ4v) is 1.62. The molecule has 0 aromatic carbocycles. The van der Waals surface area contributed by atoms with Gasteiger partial charge in [0.1, 0.15) is 0 Å². The number of carbonyl (C=O) groups excluding carboxylic acids is 1. The number of nitrogens with zero attached hydrogens (tertiary/aromatic N) is 2. The number of hydrogen-bond acceptors (Lipinski definition) is 4. The summed E-state index contributed by atoms with van der Waals surface area (Å²) in [5.41, 5.74) is 0.252. The quantitative estimate of drug-likeness (QED) is 0.352. The number of halogens is 1. The maximum Gasteiger partial charge on any atom is 0.323 e. The highest BCUT2D eigenvalue weighted by Crippen LogP contribution is 2.14. The normalized spacial score (nSPS) is 10.3. The van der Waals surface area contributed by atoms with Crippen LogP contribution in [0.25, 0.3) is 0 Å². The molecule has 1 aromatic heterocycles. The lowest BCUT2D eigenvalue weighted by Gasteiger charge is -2.04. The lowest BCUT2D eigenvalue weighted by atomic mass is 10.4. The van der Waals surface area contributed by atoms with Crippen LogP contribution in [0.3, 0.4) is 0 Å². The first-order valence-corrected chi connectivity index (χ1v) is 6.42. The molecule has 7 nitrogen and oxygen atoms in total. The van der Waals surface area contributed by atoms with E-state index in [9.17, 15) is 14.9 Å². The van der Waals surface area contributed by atoms with Gasteiger partial charge in [0.2, 0.25) is 0 Å². The number of carbonyl (C=O) groups is 1. The van der Waals surface area contributed by atoms with Gasteiger partial charge in [0, 0.05) is 17.9 Å². The molecular formula is C10H14BrN3O4. The second kappa shape index (κ2) is 7.12. The van der Waals surface area contributed by atoms with Crippen molar-refractivity contribution in [2.24, 2.45) is 7.05 Å². The standard InChI is InChI=1S/C10H14BrN3O4/c1-13-8(2-3-9(13)14(16)17)10(15)12-5-7-18-6-4-11/h2-3H,4-7H2,1H3,(H,12,15). The van der Waals surface area contributed by atoms with E-state index < -0.39 is 4.92 Å². The molecule has 0 saturated carbocycles. The molecule has 0 fully saturated rings. The largest absolute Gasteiger partial charge is 0.379 e. The molecule has 1 heterocycles. The summed E-state index contributed by atoms with van der Waals surface area (Å²) >= 11 is 3.21. The van der Waals surface area contributed by atoms with Gasteiger partial charge in [-0.1, -0.05) is 15.9 Å².